The van der Waals surface area contributed by atoms with Crippen molar-refractivity contribution in [1.29, 1.82) is 0 Å². The van der Waals surface area contributed by atoms with E-state index in [1.54, 1.807) is 29.9 Å². The van der Waals surface area contributed by atoms with Gasteiger partial charge >= 0.3 is 6.61 Å². The zero-order valence-corrected chi connectivity index (χ0v) is 14.7. The van der Waals surface area contributed by atoms with Gasteiger partial charge in [0.05, 0.1) is 17.4 Å². The topological polar surface area (TPSA) is 36.2 Å². The molecule has 0 aliphatic rings. The third-order valence-corrected chi connectivity index (χ3v) is 4.80. The van der Waals surface area contributed by atoms with Gasteiger partial charge in [-0.2, -0.15) is 8.78 Å². The minimum Gasteiger partial charge on any atom is -0.434 e. The summed E-state index contributed by atoms with van der Waals surface area (Å²) in [6.07, 6.45) is 0. The van der Waals surface area contributed by atoms with Crippen LogP contribution < -0.4 is 10.3 Å². The Bertz CT molecular complexity index is 963. The Morgan fingerprint density at radius 2 is 1.96 bits per heavy atom. The Labute approximate surface area is 145 Å². The summed E-state index contributed by atoms with van der Waals surface area (Å²) in [4.78, 5) is 12.4. The molecule has 4 nitrogen and oxygen atoms in total. The highest BCUT2D eigenvalue weighted by molar-refractivity contribution is 9.10. The maximum absolute atomic E-state index is 12.6. The molecule has 1 heterocycles. The molecule has 0 unspecified atom stereocenters. The maximum Gasteiger partial charge on any atom is 0.387 e. The Kier molecular flexibility index (Phi) is 4.45. The van der Waals surface area contributed by atoms with Crippen LogP contribution in [0.4, 0.5) is 8.78 Å². The average Bonchev–Trinajstić information content (AvgIpc) is 2.74. The second kappa shape index (κ2) is 6.39. The zero-order valence-electron chi connectivity index (χ0n) is 13.1. The number of alkyl halides is 2. The van der Waals surface area contributed by atoms with Crippen molar-refractivity contribution in [2.24, 2.45) is 7.05 Å². The number of nitrogens with zero attached hydrogens (tertiary/aromatic N) is 2. The van der Waals surface area contributed by atoms with Crippen molar-refractivity contribution in [2.75, 3.05) is 0 Å². The highest BCUT2D eigenvalue weighted by Crippen LogP contribution is 2.25. The molecule has 0 fully saturated rings. The fourth-order valence-corrected chi connectivity index (χ4v) is 3.03. The molecule has 0 saturated carbocycles. The first kappa shape index (κ1) is 16.7. The van der Waals surface area contributed by atoms with Crippen LogP contribution in [-0.4, -0.2) is 16.0 Å². The van der Waals surface area contributed by atoms with Gasteiger partial charge in [-0.05, 0) is 30.7 Å². The summed E-state index contributed by atoms with van der Waals surface area (Å²) in [7, 11) is 1.65. The summed E-state index contributed by atoms with van der Waals surface area (Å²) in [5.41, 5.74) is 2.13. The number of hydrogen-bond donors (Lipinski definition) is 0. The number of hydrogen-bond acceptors (Lipinski definition) is 2. The van der Waals surface area contributed by atoms with Crippen molar-refractivity contribution in [3.63, 3.8) is 0 Å². The van der Waals surface area contributed by atoms with E-state index in [1.165, 1.54) is 10.7 Å². The molecule has 0 saturated heterocycles. The molecule has 1 aromatic heterocycles. The molecule has 0 bridgehead atoms. The SMILES string of the molecule is Cc1cc2c(=O)n(C)n(Cc3ccccc3OC(F)F)c2cc1Br. The third-order valence-electron chi connectivity index (χ3n) is 3.95. The molecule has 0 N–H and O–H groups in total. The quantitative estimate of drug-likeness (QED) is 0.666. The van der Waals surface area contributed by atoms with Crippen LogP contribution in [0, 0.1) is 6.92 Å². The molecular formula is C17H15BrF2N2O2. The van der Waals surface area contributed by atoms with Crippen LogP contribution in [0.1, 0.15) is 11.1 Å². The van der Waals surface area contributed by atoms with Crippen LogP contribution in [0.25, 0.3) is 10.9 Å². The van der Waals surface area contributed by atoms with E-state index in [-0.39, 0.29) is 17.9 Å². The number of fused-ring (bicyclic) bond motifs is 1. The Balaban J connectivity index is 2.13. The lowest BCUT2D eigenvalue weighted by Crippen LogP contribution is -2.20. The number of para-hydroxylation sites is 1. The summed E-state index contributed by atoms with van der Waals surface area (Å²) in [5, 5.41) is 0.588. The molecular weight excluding hydrogens is 382 g/mol. The Morgan fingerprint density at radius 1 is 1.25 bits per heavy atom. The normalized spacial score (nSPS) is 11.4. The van der Waals surface area contributed by atoms with Crippen molar-refractivity contribution in [3.05, 3.63) is 62.4 Å². The largest absolute Gasteiger partial charge is 0.434 e. The predicted molar refractivity (Wildman–Crippen MR) is 91.8 cm³/mol. The van der Waals surface area contributed by atoms with Gasteiger partial charge in [0.25, 0.3) is 5.56 Å². The summed E-state index contributed by atoms with van der Waals surface area (Å²) in [6, 6.07) is 10.3. The summed E-state index contributed by atoms with van der Waals surface area (Å²) >= 11 is 3.47. The van der Waals surface area contributed by atoms with Gasteiger partial charge in [0, 0.05) is 17.1 Å². The van der Waals surface area contributed by atoms with Crippen LogP contribution >= 0.6 is 15.9 Å². The first-order chi connectivity index (χ1) is 11.4. The number of aromatic nitrogens is 2. The lowest BCUT2D eigenvalue weighted by atomic mass is 10.1. The van der Waals surface area contributed by atoms with Crippen LogP contribution in [0.2, 0.25) is 0 Å². The van der Waals surface area contributed by atoms with Crippen molar-refractivity contribution in [3.8, 4) is 5.75 Å². The highest BCUT2D eigenvalue weighted by atomic mass is 79.9. The molecule has 3 rings (SSSR count). The molecule has 0 aliphatic heterocycles. The molecule has 7 heteroatoms. The first-order valence-electron chi connectivity index (χ1n) is 7.27. The van der Waals surface area contributed by atoms with E-state index in [1.807, 2.05) is 19.1 Å². The zero-order chi connectivity index (χ0) is 17.4. The van der Waals surface area contributed by atoms with Gasteiger partial charge in [0.1, 0.15) is 5.75 Å². The van der Waals surface area contributed by atoms with Crippen molar-refractivity contribution in [1.82, 2.24) is 9.36 Å². The molecule has 0 spiro atoms. The number of benzene rings is 2. The Hall–Kier alpha value is -2.15. The van der Waals surface area contributed by atoms with E-state index in [2.05, 4.69) is 20.7 Å². The summed E-state index contributed by atoms with van der Waals surface area (Å²) in [5.74, 6) is 0.105. The standard InChI is InChI=1S/C17H15BrF2N2O2/c1-10-7-12-14(8-13(10)18)22(21(2)16(12)23)9-11-5-3-4-6-15(11)24-17(19)20/h3-8,17H,9H2,1-2H3. The number of aryl methyl sites for hydroxylation is 1. The second-order valence-corrected chi connectivity index (χ2v) is 6.35. The fourth-order valence-electron chi connectivity index (χ4n) is 2.70. The van der Waals surface area contributed by atoms with E-state index in [4.69, 9.17) is 0 Å². The van der Waals surface area contributed by atoms with E-state index >= 15 is 0 Å². The molecule has 126 valence electrons. The van der Waals surface area contributed by atoms with Gasteiger partial charge in [0.2, 0.25) is 0 Å². The van der Waals surface area contributed by atoms with Gasteiger partial charge in [-0.3, -0.25) is 14.2 Å². The van der Waals surface area contributed by atoms with Crippen molar-refractivity contribution >= 4 is 26.8 Å². The third kappa shape index (κ3) is 2.96. The molecule has 0 aliphatic carbocycles. The number of rotatable bonds is 4. The molecule has 0 atom stereocenters. The van der Waals surface area contributed by atoms with Crippen LogP contribution in [0.15, 0.2) is 45.7 Å². The average molecular weight is 397 g/mol. The van der Waals surface area contributed by atoms with Gasteiger partial charge in [-0.25, -0.2) is 0 Å². The molecule has 0 amide bonds. The smallest absolute Gasteiger partial charge is 0.387 e. The minimum absolute atomic E-state index is 0.105. The number of ether oxygens (including phenoxy) is 1. The minimum atomic E-state index is -2.90. The van der Waals surface area contributed by atoms with Gasteiger partial charge in [0.15, 0.2) is 0 Å². The lowest BCUT2D eigenvalue weighted by Gasteiger charge is -2.14. The highest BCUT2D eigenvalue weighted by Gasteiger charge is 2.15. The van der Waals surface area contributed by atoms with Crippen molar-refractivity contribution in [2.45, 2.75) is 20.1 Å². The van der Waals surface area contributed by atoms with Gasteiger partial charge in [-0.15, -0.1) is 0 Å². The van der Waals surface area contributed by atoms with E-state index in [0.717, 1.165) is 15.6 Å². The van der Waals surface area contributed by atoms with E-state index < -0.39 is 6.61 Å². The van der Waals surface area contributed by atoms with Gasteiger partial charge in [-0.1, -0.05) is 34.1 Å². The first-order valence-corrected chi connectivity index (χ1v) is 8.06. The number of halogens is 3. The van der Waals surface area contributed by atoms with E-state index in [9.17, 15) is 13.6 Å². The summed E-state index contributed by atoms with van der Waals surface area (Å²) < 4.78 is 33.8. The van der Waals surface area contributed by atoms with E-state index in [0.29, 0.717) is 10.9 Å². The molecule has 24 heavy (non-hydrogen) atoms. The lowest BCUT2D eigenvalue weighted by molar-refractivity contribution is -0.0505. The van der Waals surface area contributed by atoms with Crippen LogP contribution in [0.3, 0.4) is 0 Å². The van der Waals surface area contributed by atoms with Gasteiger partial charge < -0.3 is 4.74 Å². The molecule has 3 aromatic rings. The Morgan fingerprint density at radius 3 is 2.67 bits per heavy atom. The predicted octanol–water partition coefficient (Wildman–Crippen LogP) is 4.06. The van der Waals surface area contributed by atoms with Crippen molar-refractivity contribution < 1.29 is 13.5 Å². The second-order valence-electron chi connectivity index (χ2n) is 5.49. The van der Waals surface area contributed by atoms with Crippen LogP contribution in [-0.2, 0) is 13.6 Å². The molecule has 0 radical (unpaired) electrons. The summed E-state index contributed by atoms with van der Waals surface area (Å²) in [6.45, 7) is -0.743. The maximum atomic E-state index is 12.6. The molecule has 2 aromatic carbocycles. The monoisotopic (exact) mass is 396 g/mol. The van der Waals surface area contributed by atoms with Crippen LogP contribution in [0.5, 0.6) is 5.75 Å². The fraction of sp³-hybridized carbons (Fsp3) is 0.235.